The lowest BCUT2D eigenvalue weighted by Crippen LogP contribution is -2.47. The van der Waals surface area contributed by atoms with E-state index in [4.69, 9.17) is 4.74 Å². The van der Waals surface area contributed by atoms with Gasteiger partial charge in [-0.15, -0.1) is 24.0 Å². The van der Waals surface area contributed by atoms with Gasteiger partial charge < -0.3 is 15.4 Å². The third-order valence-corrected chi connectivity index (χ3v) is 5.05. The Morgan fingerprint density at radius 3 is 2.59 bits per heavy atom. The Hall–Kier alpha value is -0.860. The quantitative estimate of drug-likeness (QED) is 0.243. The second kappa shape index (κ2) is 13.3. The van der Waals surface area contributed by atoms with E-state index in [1.807, 2.05) is 13.1 Å². The van der Waals surface area contributed by atoms with Gasteiger partial charge in [-0.25, -0.2) is 0 Å². The molecule has 0 radical (unpaired) electrons. The van der Waals surface area contributed by atoms with Crippen LogP contribution in [0.5, 0.6) is 0 Å². The number of rotatable bonds is 9. The Labute approximate surface area is 182 Å². The molecule has 1 heterocycles. The Morgan fingerprint density at radius 2 is 1.96 bits per heavy atom. The van der Waals surface area contributed by atoms with Crippen molar-refractivity contribution >= 4 is 29.9 Å². The molecule has 2 N–H and O–H groups in total. The lowest BCUT2D eigenvalue weighted by molar-refractivity contribution is 0.135. The Morgan fingerprint density at radius 1 is 1.22 bits per heavy atom. The van der Waals surface area contributed by atoms with E-state index in [9.17, 15) is 0 Å². The minimum Gasteiger partial charge on any atom is -0.381 e. The minimum absolute atomic E-state index is 0. The van der Waals surface area contributed by atoms with Crippen LogP contribution in [0.15, 0.2) is 35.3 Å². The molecule has 1 aliphatic heterocycles. The van der Waals surface area contributed by atoms with Gasteiger partial charge in [-0.3, -0.25) is 9.89 Å². The molecule has 1 aromatic carbocycles. The van der Waals surface area contributed by atoms with E-state index < -0.39 is 0 Å². The molecule has 1 fully saturated rings. The normalized spacial score (nSPS) is 20.6. The average molecular weight is 488 g/mol. The van der Waals surface area contributed by atoms with Crippen molar-refractivity contribution in [1.29, 1.82) is 0 Å². The van der Waals surface area contributed by atoms with Crippen molar-refractivity contribution in [2.75, 3.05) is 39.9 Å². The van der Waals surface area contributed by atoms with Gasteiger partial charge in [-0.2, -0.15) is 0 Å². The maximum Gasteiger partial charge on any atom is 0.191 e. The highest BCUT2D eigenvalue weighted by molar-refractivity contribution is 14.0. The number of guanidine groups is 1. The van der Waals surface area contributed by atoms with Crippen molar-refractivity contribution in [2.24, 2.45) is 10.9 Å². The molecule has 1 saturated heterocycles. The second-order valence-electron chi connectivity index (χ2n) is 7.48. The molecule has 0 spiro atoms. The first kappa shape index (κ1) is 24.2. The molecule has 2 unspecified atom stereocenters. The van der Waals surface area contributed by atoms with Crippen LogP contribution in [0.25, 0.3) is 0 Å². The molecule has 0 aliphatic carbocycles. The van der Waals surface area contributed by atoms with E-state index in [0.717, 1.165) is 51.6 Å². The van der Waals surface area contributed by atoms with Crippen LogP contribution in [0.4, 0.5) is 0 Å². The first-order valence-electron chi connectivity index (χ1n) is 9.93. The third-order valence-electron chi connectivity index (χ3n) is 5.05. The van der Waals surface area contributed by atoms with Crippen LogP contribution in [0.2, 0.25) is 0 Å². The third kappa shape index (κ3) is 8.79. The predicted molar refractivity (Wildman–Crippen MR) is 125 cm³/mol. The SMILES string of the molecule is CN=C(NCCCOCCc1ccccc1)NC1CN(C(C)C)CC1C.I. The summed E-state index contributed by atoms with van der Waals surface area (Å²) in [6.07, 6.45) is 1.96. The van der Waals surface area contributed by atoms with E-state index in [2.05, 4.69) is 65.6 Å². The highest BCUT2D eigenvalue weighted by Gasteiger charge is 2.31. The van der Waals surface area contributed by atoms with Gasteiger partial charge in [0.15, 0.2) is 5.96 Å². The largest absolute Gasteiger partial charge is 0.381 e. The zero-order valence-electron chi connectivity index (χ0n) is 17.3. The fraction of sp³-hybridized carbons (Fsp3) is 0.667. The molecular formula is C21H37IN4O. The summed E-state index contributed by atoms with van der Waals surface area (Å²) in [5.74, 6) is 1.54. The summed E-state index contributed by atoms with van der Waals surface area (Å²) in [6.45, 7) is 11.5. The van der Waals surface area contributed by atoms with Crippen LogP contribution in [0, 0.1) is 5.92 Å². The number of hydrogen-bond donors (Lipinski definition) is 2. The number of hydrogen-bond acceptors (Lipinski definition) is 3. The van der Waals surface area contributed by atoms with Crippen molar-refractivity contribution in [2.45, 2.75) is 45.7 Å². The molecule has 1 aromatic rings. The van der Waals surface area contributed by atoms with Crippen LogP contribution in [0.3, 0.4) is 0 Å². The van der Waals surface area contributed by atoms with E-state index in [1.165, 1.54) is 5.56 Å². The second-order valence-corrected chi connectivity index (χ2v) is 7.48. The van der Waals surface area contributed by atoms with E-state index in [0.29, 0.717) is 18.0 Å². The molecule has 27 heavy (non-hydrogen) atoms. The van der Waals surface area contributed by atoms with Gasteiger partial charge in [0.05, 0.1) is 6.61 Å². The standard InChI is InChI=1S/C21H36N4O.HI/c1-17(2)25-15-18(3)20(16-25)24-21(22-4)23-12-8-13-26-14-11-19-9-6-5-7-10-19;/h5-7,9-10,17-18,20H,8,11-16H2,1-4H3,(H2,22,23,24);1H. The van der Waals surface area contributed by atoms with Crippen molar-refractivity contribution in [3.63, 3.8) is 0 Å². The van der Waals surface area contributed by atoms with Crippen LogP contribution >= 0.6 is 24.0 Å². The molecule has 0 bridgehead atoms. The summed E-state index contributed by atoms with van der Waals surface area (Å²) in [7, 11) is 1.84. The number of nitrogens with one attached hydrogen (secondary N) is 2. The topological polar surface area (TPSA) is 48.9 Å². The molecule has 1 aliphatic rings. The fourth-order valence-electron chi connectivity index (χ4n) is 3.30. The van der Waals surface area contributed by atoms with Gasteiger partial charge in [0.1, 0.15) is 0 Å². The van der Waals surface area contributed by atoms with Gasteiger partial charge in [0.2, 0.25) is 0 Å². The number of benzene rings is 1. The Bertz CT molecular complexity index is 538. The summed E-state index contributed by atoms with van der Waals surface area (Å²) in [6, 6.07) is 11.5. The lowest BCUT2D eigenvalue weighted by atomic mass is 10.1. The Balaban J connectivity index is 0.00000364. The Kier molecular flexibility index (Phi) is 11.9. The number of nitrogens with zero attached hydrogens (tertiary/aromatic N) is 2. The van der Waals surface area contributed by atoms with Crippen LogP contribution in [-0.2, 0) is 11.2 Å². The van der Waals surface area contributed by atoms with E-state index >= 15 is 0 Å². The molecule has 154 valence electrons. The van der Waals surface area contributed by atoms with Gasteiger partial charge >= 0.3 is 0 Å². The van der Waals surface area contributed by atoms with Crippen molar-refractivity contribution in [3.05, 3.63) is 35.9 Å². The first-order valence-corrected chi connectivity index (χ1v) is 9.93. The summed E-state index contributed by atoms with van der Waals surface area (Å²) in [5, 5.41) is 6.99. The maximum atomic E-state index is 5.74. The highest BCUT2D eigenvalue weighted by atomic mass is 127. The summed E-state index contributed by atoms with van der Waals surface area (Å²) < 4.78 is 5.74. The number of likely N-dealkylation sites (tertiary alicyclic amines) is 1. The summed E-state index contributed by atoms with van der Waals surface area (Å²) in [5.41, 5.74) is 1.33. The van der Waals surface area contributed by atoms with Crippen LogP contribution in [-0.4, -0.2) is 62.8 Å². The predicted octanol–water partition coefficient (Wildman–Crippen LogP) is 3.15. The number of ether oxygens (including phenoxy) is 1. The maximum absolute atomic E-state index is 5.74. The van der Waals surface area contributed by atoms with Crippen LogP contribution < -0.4 is 10.6 Å². The van der Waals surface area contributed by atoms with Crippen molar-refractivity contribution < 1.29 is 4.74 Å². The summed E-state index contributed by atoms with van der Waals surface area (Å²) in [4.78, 5) is 6.89. The van der Waals surface area contributed by atoms with Gasteiger partial charge in [0, 0.05) is 45.4 Å². The average Bonchev–Trinajstić information content (AvgIpc) is 3.01. The zero-order valence-corrected chi connectivity index (χ0v) is 19.6. The lowest BCUT2D eigenvalue weighted by Gasteiger charge is -2.22. The number of halogens is 1. The monoisotopic (exact) mass is 488 g/mol. The molecule has 2 rings (SSSR count). The minimum atomic E-state index is 0. The van der Waals surface area contributed by atoms with Crippen molar-refractivity contribution in [3.8, 4) is 0 Å². The molecule has 2 atom stereocenters. The van der Waals surface area contributed by atoms with Gasteiger partial charge in [-0.1, -0.05) is 37.3 Å². The number of aliphatic imine (C=N–C) groups is 1. The molecular weight excluding hydrogens is 451 g/mol. The molecule has 6 heteroatoms. The summed E-state index contributed by atoms with van der Waals surface area (Å²) >= 11 is 0. The van der Waals surface area contributed by atoms with Gasteiger partial charge in [0.25, 0.3) is 0 Å². The smallest absolute Gasteiger partial charge is 0.191 e. The molecule has 0 aromatic heterocycles. The molecule has 0 amide bonds. The zero-order chi connectivity index (χ0) is 18.8. The molecule has 5 nitrogen and oxygen atoms in total. The fourth-order valence-corrected chi connectivity index (χ4v) is 3.30. The highest BCUT2D eigenvalue weighted by Crippen LogP contribution is 2.18. The van der Waals surface area contributed by atoms with Crippen molar-refractivity contribution in [1.82, 2.24) is 15.5 Å². The van der Waals surface area contributed by atoms with Gasteiger partial charge in [-0.05, 0) is 38.2 Å². The van der Waals surface area contributed by atoms with E-state index in [1.54, 1.807) is 0 Å². The first-order chi connectivity index (χ1) is 12.6. The molecule has 0 saturated carbocycles. The van der Waals surface area contributed by atoms with E-state index in [-0.39, 0.29) is 24.0 Å². The van der Waals surface area contributed by atoms with Crippen LogP contribution in [0.1, 0.15) is 32.8 Å².